The smallest absolute Gasteiger partial charge is 0.354 e. The number of H-pyrrole nitrogens is 1. The molecule has 7 nitrogen and oxygen atoms in total. The van der Waals surface area contributed by atoms with Crippen molar-refractivity contribution in [3.8, 4) is 0 Å². The van der Waals surface area contributed by atoms with Crippen LogP contribution in [0.3, 0.4) is 0 Å². The zero-order valence-corrected chi connectivity index (χ0v) is 11.4. The van der Waals surface area contributed by atoms with Gasteiger partial charge in [-0.2, -0.15) is 0 Å². The SMILES string of the molecule is COCc1ccccc1CNC(=O)c1nc[nH]c1C(=O)O. The van der Waals surface area contributed by atoms with Gasteiger partial charge in [-0.3, -0.25) is 4.79 Å². The molecular formula is C14H15N3O4. The van der Waals surface area contributed by atoms with Gasteiger partial charge in [0.2, 0.25) is 0 Å². The molecule has 0 aliphatic carbocycles. The number of benzene rings is 1. The first-order valence-electron chi connectivity index (χ1n) is 6.24. The molecule has 1 amide bonds. The van der Waals surface area contributed by atoms with E-state index in [1.54, 1.807) is 7.11 Å². The molecule has 0 saturated heterocycles. The first kappa shape index (κ1) is 14.7. The maximum atomic E-state index is 12.0. The van der Waals surface area contributed by atoms with Crippen LogP contribution in [0.15, 0.2) is 30.6 Å². The van der Waals surface area contributed by atoms with Gasteiger partial charge in [0.15, 0.2) is 11.4 Å². The lowest BCUT2D eigenvalue weighted by molar-refractivity contribution is 0.0685. The van der Waals surface area contributed by atoms with E-state index < -0.39 is 11.9 Å². The number of imidazole rings is 1. The van der Waals surface area contributed by atoms with E-state index in [2.05, 4.69) is 15.3 Å². The summed E-state index contributed by atoms with van der Waals surface area (Å²) in [5.74, 6) is -1.77. The highest BCUT2D eigenvalue weighted by atomic mass is 16.5. The number of aromatic amines is 1. The molecule has 2 aromatic rings. The molecule has 0 unspecified atom stereocenters. The van der Waals surface area contributed by atoms with E-state index in [9.17, 15) is 9.59 Å². The van der Waals surface area contributed by atoms with Crippen molar-refractivity contribution in [2.24, 2.45) is 0 Å². The molecule has 3 N–H and O–H groups in total. The molecule has 2 rings (SSSR count). The predicted octanol–water partition coefficient (Wildman–Crippen LogP) is 1.18. The van der Waals surface area contributed by atoms with Gasteiger partial charge >= 0.3 is 5.97 Å². The van der Waals surface area contributed by atoms with E-state index >= 15 is 0 Å². The summed E-state index contributed by atoms with van der Waals surface area (Å²) in [4.78, 5) is 29.1. The number of aromatic carboxylic acids is 1. The highest BCUT2D eigenvalue weighted by Crippen LogP contribution is 2.10. The number of ether oxygens (including phenoxy) is 1. The Morgan fingerprint density at radius 1 is 1.33 bits per heavy atom. The molecule has 7 heteroatoms. The average molecular weight is 289 g/mol. The molecule has 0 radical (unpaired) electrons. The van der Waals surface area contributed by atoms with E-state index in [4.69, 9.17) is 9.84 Å². The lowest BCUT2D eigenvalue weighted by atomic mass is 10.1. The molecule has 0 fully saturated rings. The highest BCUT2D eigenvalue weighted by Gasteiger charge is 2.19. The third kappa shape index (κ3) is 3.46. The Morgan fingerprint density at radius 2 is 2.05 bits per heavy atom. The number of hydrogen-bond acceptors (Lipinski definition) is 4. The molecule has 1 aromatic carbocycles. The summed E-state index contributed by atoms with van der Waals surface area (Å²) in [7, 11) is 1.60. The number of carboxylic acid groups (broad SMARTS) is 1. The van der Waals surface area contributed by atoms with Crippen LogP contribution in [-0.2, 0) is 17.9 Å². The molecule has 0 atom stereocenters. The van der Waals surface area contributed by atoms with Gasteiger partial charge in [-0.15, -0.1) is 0 Å². The molecule has 0 bridgehead atoms. The second-order valence-electron chi connectivity index (χ2n) is 4.32. The van der Waals surface area contributed by atoms with E-state index in [-0.39, 0.29) is 17.9 Å². The lowest BCUT2D eigenvalue weighted by Gasteiger charge is -2.09. The Balaban J connectivity index is 2.08. The van der Waals surface area contributed by atoms with Gasteiger partial charge in [0.05, 0.1) is 12.9 Å². The maximum absolute atomic E-state index is 12.0. The fourth-order valence-electron chi connectivity index (χ4n) is 1.91. The summed E-state index contributed by atoms with van der Waals surface area (Å²) >= 11 is 0. The third-order valence-electron chi connectivity index (χ3n) is 2.93. The molecule has 0 aliphatic rings. The Hall–Kier alpha value is -2.67. The van der Waals surface area contributed by atoms with Gasteiger partial charge in [-0.1, -0.05) is 24.3 Å². The molecule has 0 saturated carbocycles. The van der Waals surface area contributed by atoms with Gasteiger partial charge in [-0.05, 0) is 11.1 Å². The topological polar surface area (TPSA) is 104 Å². The minimum atomic E-state index is -1.22. The van der Waals surface area contributed by atoms with Crippen molar-refractivity contribution < 1.29 is 19.4 Å². The molecule has 1 aromatic heterocycles. The van der Waals surface area contributed by atoms with Crippen molar-refractivity contribution >= 4 is 11.9 Å². The largest absolute Gasteiger partial charge is 0.477 e. The standard InChI is InChI=1S/C14H15N3O4/c1-21-7-10-5-3-2-4-9(10)6-15-13(18)11-12(14(19)20)17-8-16-11/h2-5,8H,6-7H2,1H3,(H,15,18)(H,16,17)(H,19,20). The molecule has 110 valence electrons. The average Bonchev–Trinajstić information content (AvgIpc) is 2.96. The van der Waals surface area contributed by atoms with Crippen molar-refractivity contribution in [2.75, 3.05) is 7.11 Å². The van der Waals surface area contributed by atoms with Gasteiger partial charge in [0.1, 0.15) is 0 Å². The number of amides is 1. The van der Waals surface area contributed by atoms with Crippen LogP contribution < -0.4 is 5.32 Å². The number of aromatic nitrogens is 2. The Bertz CT molecular complexity index is 651. The number of nitrogens with one attached hydrogen (secondary N) is 2. The quantitative estimate of drug-likeness (QED) is 0.741. The van der Waals surface area contributed by atoms with Crippen LogP contribution in [0.5, 0.6) is 0 Å². The number of carboxylic acids is 1. The van der Waals surface area contributed by atoms with E-state index in [1.807, 2.05) is 24.3 Å². The van der Waals surface area contributed by atoms with Crippen LogP contribution in [0.2, 0.25) is 0 Å². The minimum absolute atomic E-state index is 0.133. The molecule has 1 heterocycles. The van der Waals surface area contributed by atoms with Gasteiger partial charge in [0, 0.05) is 13.7 Å². The van der Waals surface area contributed by atoms with Crippen molar-refractivity contribution in [3.05, 3.63) is 53.1 Å². The summed E-state index contributed by atoms with van der Waals surface area (Å²) < 4.78 is 5.09. The van der Waals surface area contributed by atoms with E-state index in [0.29, 0.717) is 6.61 Å². The second kappa shape index (κ2) is 6.67. The van der Waals surface area contributed by atoms with Crippen molar-refractivity contribution in [1.82, 2.24) is 15.3 Å². The van der Waals surface area contributed by atoms with Crippen molar-refractivity contribution in [3.63, 3.8) is 0 Å². The first-order chi connectivity index (χ1) is 10.1. The van der Waals surface area contributed by atoms with Crippen LogP contribution in [0.4, 0.5) is 0 Å². The Kier molecular flexibility index (Phi) is 4.68. The molecule has 0 spiro atoms. The molecule has 0 aliphatic heterocycles. The van der Waals surface area contributed by atoms with Crippen LogP contribution in [0.25, 0.3) is 0 Å². The zero-order chi connectivity index (χ0) is 15.2. The monoisotopic (exact) mass is 289 g/mol. The Morgan fingerprint density at radius 3 is 2.71 bits per heavy atom. The number of hydrogen-bond donors (Lipinski definition) is 3. The number of carbonyl (C=O) groups excluding carboxylic acids is 1. The maximum Gasteiger partial charge on any atom is 0.354 e. The summed E-state index contributed by atoms with van der Waals surface area (Å²) in [5.41, 5.74) is 1.50. The van der Waals surface area contributed by atoms with Gasteiger partial charge < -0.3 is 20.1 Å². The third-order valence-corrected chi connectivity index (χ3v) is 2.93. The van der Waals surface area contributed by atoms with Crippen molar-refractivity contribution in [2.45, 2.75) is 13.2 Å². The predicted molar refractivity (Wildman–Crippen MR) is 73.9 cm³/mol. The molecular weight excluding hydrogens is 274 g/mol. The van der Waals surface area contributed by atoms with Crippen molar-refractivity contribution in [1.29, 1.82) is 0 Å². The van der Waals surface area contributed by atoms with Crippen LogP contribution in [-0.4, -0.2) is 34.1 Å². The van der Waals surface area contributed by atoms with Gasteiger partial charge in [0.25, 0.3) is 5.91 Å². The van der Waals surface area contributed by atoms with E-state index in [0.717, 1.165) is 11.1 Å². The summed E-state index contributed by atoms with van der Waals surface area (Å²) in [6, 6.07) is 7.52. The fourth-order valence-corrected chi connectivity index (χ4v) is 1.91. The number of rotatable bonds is 6. The van der Waals surface area contributed by atoms with Crippen LogP contribution >= 0.6 is 0 Å². The Labute approximate surface area is 121 Å². The van der Waals surface area contributed by atoms with Gasteiger partial charge in [-0.25, -0.2) is 9.78 Å². The summed E-state index contributed by atoms with van der Waals surface area (Å²) in [6.07, 6.45) is 1.18. The number of carbonyl (C=O) groups is 2. The second-order valence-corrected chi connectivity index (χ2v) is 4.32. The van der Waals surface area contributed by atoms with E-state index in [1.165, 1.54) is 6.33 Å². The summed E-state index contributed by atoms with van der Waals surface area (Å²) in [5, 5.41) is 11.6. The normalized spacial score (nSPS) is 10.3. The van der Waals surface area contributed by atoms with Crippen LogP contribution in [0, 0.1) is 0 Å². The zero-order valence-electron chi connectivity index (χ0n) is 11.4. The lowest BCUT2D eigenvalue weighted by Crippen LogP contribution is -2.25. The first-order valence-corrected chi connectivity index (χ1v) is 6.24. The molecule has 21 heavy (non-hydrogen) atoms. The number of nitrogens with zero attached hydrogens (tertiary/aromatic N) is 1. The minimum Gasteiger partial charge on any atom is -0.477 e. The highest BCUT2D eigenvalue weighted by molar-refractivity contribution is 6.02. The fraction of sp³-hybridized carbons (Fsp3) is 0.214. The van der Waals surface area contributed by atoms with Crippen LogP contribution in [0.1, 0.15) is 32.1 Å². The number of methoxy groups -OCH3 is 1. The summed E-state index contributed by atoms with van der Waals surface area (Å²) in [6.45, 7) is 0.707.